The highest BCUT2D eigenvalue weighted by atomic mass is 79.9. The maximum absolute atomic E-state index is 11.7. The molecule has 1 aliphatic rings. The topological polar surface area (TPSA) is 68.0 Å². The van der Waals surface area contributed by atoms with E-state index in [0.717, 1.165) is 14.9 Å². The number of benzene rings is 1. The summed E-state index contributed by atoms with van der Waals surface area (Å²) >= 11 is 4.89. The number of nitrogens with zero attached hydrogens (tertiary/aromatic N) is 1. The van der Waals surface area contributed by atoms with Gasteiger partial charge in [0.15, 0.2) is 5.13 Å². The Balaban J connectivity index is 2.09. The van der Waals surface area contributed by atoms with Crippen molar-refractivity contribution < 1.29 is 4.79 Å². The first-order valence-corrected chi connectivity index (χ1v) is 7.06. The maximum Gasteiger partial charge on any atom is 0.226 e. The number of thiazole rings is 1. The van der Waals surface area contributed by atoms with E-state index >= 15 is 0 Å². The molecule has 0 spiro atoms. The largest absolute Gasteiger partial charge is 0.375 e. The van der Waals surface area contributed by atoms with Gasteiger partial charge in [0.05, 0.1) is 4.88 Å². The van der Waals surface area contributed by atoms with Gasteiger partial charge in [-0.15, -0.1) is 0 Å². The second kappa shape index (κ2) is 4.37. The highest BCUT2D eigenvalue weighted by Crippen LogP contribution is 2.41. The third-order valence-corrected chi connectivity index (χ3v) is 4.38. The zero-order chi connectivity index (χ0) is 12.7. The third-order valence-electron chi connectivity index (χ3n) is 2.88. The van der Waals surface area contributed by atoms with Crippen LogP contribution in [0.4, 0.5) is 10.9 Å². The fourth-order valence-corrected chi connectivity index (χ4v) is 3.46. The molecule has 0 radical (unpaired) electrons. The van der Waals surface area contributed by atoms with Crippen molar-refractivity contribution in [1.29, 1.82) is 0 Å². The molecule has 2 heterocycles. The Morgan fingerprint density at radius 3 is 3.11 bits per heavy atom. The van der Waals surface area contributed by atoms with Crippen LogP contribution in [-0.4, -0.2) is 10.9 Å². The molecular formula is C12H10BrN3OS. The first-order valence-electron chi connectivity index (χ1n) is 5.45. The van der Waals surface area contributed by atoms with Crippen molar-refractivity contribution in [2.45, 2.75) is 12.3 Å². The minimum atomic E-state index is -0.0159. The SMILES string of the molecule is Nc1nc2c(s1)C(c1cccc(Br)c1)CC(=O)N2. The lowest BCUT2D eigenvalue weighted by Crippen LogP contribution is -2.22. The Hall–Kier alpha value is -1.40. The fourth-order valence-electron chi connectivity index (χ4n) is 2.13. The summed E-state index contributed by atoms with van der Waals surface area (Å²) in [6.07, 6.45) is 0.436. The molecule has 0 saturated heterocycles. The number of amides is 1. The van der Waals surface area contributed by atoms with E-state index in [1.54, 1.807) is 0 Å². The Bertz CT molecular complexity index is 626. The lowest BCUT2D eigenvalue weighted by atomic mass is 9.92. The Kier molecular flexibility index (Phi) is 2.83. The van der Waals surface area contributed by atoms with Crippen molar-refractivity contribution in [3.05, 3.63) is 39.2 Å². The van der Waals surface area contributed by atoms with E-state index in [1.807, 2.05) is 24.3 Å². The number of hydrogen-bond acceptors (Lipinski definition) is 4. The number of hydrogen-bond donors (Lipinski definition) is 2. The molecular weight excluding hydrogens is 314 g/mol. The van der Waals surface area contributed by atoms with E-state index in [2.05, 4.69) is 26.2 Å². The molecule has 3 rings (SSSR count). The first kappa shape index (κ1) is 11.7. The molecule has 92 valence electrons. The first-order chi connectivity index (χ1) is 8.63. The second-order valence-corrected chi connectivity index (χ2v) is 6.10. The number of aromatic nitrogens is 1. The number of carbonyl (C=O) groups is 1. The molecule has 6 heteroatoms. The quantitative estimate of drug-likeness (QED) is 0.847. The van der Waals surface area contributed by atoms with E-state index in [0.29, 0.717) is 17.4 Å². The van der Waals surface area contributed by atoms with Crippen molar-refractivity contribution in [3.63, 3.8) is 0 Å². The van der Waals surface area contributed by atoms with Crippen LogP contribution in [-0.2, 0) is 4.79 Å². The van der Waals surface area contributed by atoms with Crippen molar-refractivity contribution in [2.75, 3.05) is 11.1 Å². The summed E-state index contributed by atoms with van der Waals surface area (Å²) in [4.78, 5) is 16.9. The van der Waals surface area contributed by atoms with Gasteiger partial charge < -0.3 is 11.1 Å². The highest BCUT2D eigenvalue weighted by Gasteiger charge is 2.29. The van der Waals surface area contributed by atoms with Crippen LogP contribution in [0.15, 0.2) is 28.7 Å². The van der Waals surface area contributed by atoms with Crippen molar-refractivity contribution >= 4 is 44.1 Å². The predicted octanol–water partition coefficient (Wildman–Crippen LogP) is 2.96. The summed E-state index contributed by atoms with van der Waals surface area (Å²) in [6.45, 7) is 0. The van der Waals surface area contributed by atoms with Crippen molar-refractivity contribution in [1.82, 2.24) is 4.98 Å². The Morgan fingerprint density at radius 2 is 2.33 bits per heavy atom. The van der Waals surface area contributed by atoms with Crippen LogP contribution in [0.2, 0.25) is 0 Å². The van der Waals surface area contributed by atoms with Crippen LogP contribution >= 0.6 is 27.3 Å². The Morgan fingerprint density at radius 1 is 1.50 bits per heavy atom. The van der Waals surface area contributed by atoms with Gasteiger partial charge in [-0.25, -0.2) is 4.98 Å². The summed E-state index contributed by atoms with van der Waals surface area (Å²) in [5.74, 6) is 0.637. The maximum atomic E-state index is 11.7. The van der Waals surface area contributed by atoms with Gasteiger partial charge in [-0.3, -0.25) is 4.79 Å². The molecule has 1 amide bonds. The van der Waals surface area contributed by atoms with Crippen LogP contribution in [0.5, 0.6) is 0 Å². The summed E-state index contributed by atoms with van der Waals surface area (Å²) in [6, 6.07) is 7.99. The normalized spacial score (nSPS) is 18.3. The molecule has 4 nitrogen and oxygen atoms in total. The van der Waals surface area contributed by atoms with E-state index in [-0.39, 0.29) is 11.8 Å². The van der Waals surface area contributed by atoms with Gasteiger partial charge in [-0.1, -0.05) is 39.4 Å². The van der Waals surface area contributed by atoms with Gasteiger partial charge >= 0.3 is 0 Å². The minimum absolute atomic E-state index is 0.0159. The summed E-state index contributed by atoms with van der Waals surface area (Å²) < 4.78 is 1.00. The standard InChI is InChI=1S/C12H10BrN3OS/c13-7-3-1-2-6(4-7)8-5-9(17)15-11-10(8)18-12(14)16-11/h1-4,8H,5H2,(H2,14,16)(H,15,17). The molecule has 3 N–H and O–H groups in total. The van der Waals surface area contributed by atoms with Crippen LogP contribution in [0, 0.1) is 0 Å². The second-order valence-electron chi connectivity index (χ2n) is 4.12. The number of halogens is 1. The van der Waals surface area contributed by atoms with Gasteiger partial charge in [-0.2, -0.15) is 0 Å². The molecule has 0 saturated carbocycles. The Labute approximate surface area is 116 Å². The van der Waals surface area contributed by atoms with Crippen molar-refractivity contribution in [2.24, 2.45) is 0 Å². The van der Waals surface area contributed by atoms with E-state index in [4.69, 9.17) is 5.73 Å². The molecule has 18 heavy (non-hydrogen) atoms. The molecule has 1 aliphatic heterocycles. The van der Waals surface area contributed by atoms with Crippen LogP contribution in [0.25, 0.3) is 0 Å². The minimum Gasteiger partial charge on any atom is -0.375 e. The monoisotopic (exact) mass is 323 g/mol. The number of nitrogens with one attached hydrogen (secondary N) is 1. The molecule has 1 aromatic carbocycles. The molecule has 0 bridgehead atoms. The number of carbonyl (C=O) groups excluding carboxylic acids is 1. The van der Waals surface area contributed by atoms with Gasteiger partial charge in [0.2, 0.25) is 5.91 Å². The zero-order valence-corrected chi connectivity index (χ0v) is 11.7. The van der Waals surface area contributed by atoms with E-state index in [1.165, 1.54) is 11.3 Å². The smallest absolute Gasteiger partial charge is 0.226 e. The third kappa shape index (κ3) is 2.02. The van der Waals surface area contributed by atoms with Crippen LogP contribution in [0.3, 0.4) is 0 Å². The van der Waals surface area contributed by atoms with Crippen molar-refractivity contribution in [3.8, 4) is 0 Å². The number of anilines is 2. The zero-order valence-electron chi connectivity index (χ0n) is 9.31. The van der Waals surface area contributed by atoms with Crippen LogP contribution < -0.4 is 11.1 Å². The fraction of sp³-hybridized carbons (Fsp3) is 0.167. The summed E-state index contributed by atoms with van der Waals surface area (Å²) in [7, 11) is 0. The van der Waals surface area contributed by atoms with Gasteiger partial charge in [0.25, 0.3) is 0 Å². The average Bonchev–Trinajstić information content (AvgIpc) is 2.68. The van der Waals surface area contributed by atoms with Gasteiger partial charge in [0.1, 0.15) is 5.82 Å². The molecule has 0 aliphatic carbocycles. The molecule has 0 fully saturated rings. The number of nitrogens with two attached hydrogens (primary N) is 1. The predicted molar refractivity (Wildman–Crippen MR) is 75.8 cm³/mol. The average molecular weight is 324 g/mol. The lowest BCUT2D eigenvalue weighted by molar-refractivity contribution is -0.116. The van der Waals surface area contributed by atoms with Gasteiger partial charge in [0, 0.05) is 16.8 Å². The summed E-state index contributed by atoms with van der Waals surface area (Å²) in [5.41, 5.74) is 6.82. The molecule has 1 unspecified atom stereocenters. The van der Waals surface area contributed by atoms with Gasteiger partial charge in [-0.05, 0) is 17.7 Å². The highest BCUT2D eigenvalue weighted by molar-refractivity contribution is 9.10. The van der Waals surface area contributed by atoms with Crippen LogP contribution in [0.1, 0.15) is 22.8 Å². The molecule has 2 aromatic rings. The summed E-state index contributed by atoms with van der Waals surface area (Å²) in [5, 5.41) is 3.25. The molecule has 1 aromatic heterocycles. The van der Waals surface area contributed by atoms with E-state index in [9.17, 15) is 4.79 Å². The van der Waals surface area contributed by atoms with E-state index < -0.39 is 0 Å². The molecule has 1 atom stereocenters. The number of nitrogen functional groups attached to an aromatic ring is 1. The lowest BCUT2D eigenvalue weighted by Gasteiger charge is -2.21. The number of rotatable bonds is 1. The number of fused-ring (bicyclic) bond motifs is 1.